The highest BCUT2D eigenvalue weighted by atomic mass is 35.5. The molecule has 0 heterocycles. The molecule has 0 amide bonds. The molecule has 1 unspecified atom stereocenters. The molecular formula is C13H14Cl2O3S. The number of hydrogen-bond acceptors (Lipinski definition) is 4. The van der Waals surface area contributed by atoms with Crippen molar-refractivity contribution in [2.45, 2.75) is 25.7 Å². The zero-order valence-corrected chi connectivity index (χ0v) is 12.9. The molecule has 1 rings (SSSR count). The van der Waals surface area contributed by atoms with Crippen molar-refractivity contribution < 1.29 is 14.3 Å². The molecule has 0 N–H and O–H groups in total. The second-order valence-electron chi connectivity index (χ2n) is 3.94. The number of carbonyl (C=O) groups is 2. The first-order valence-corrected chi connectivity index (χ1v) is 7.44. The van der Waals surface area contributed by atoms with Crippen molar-refractivity contribution in [1.29, 1.82) is 0 Å². The van der Waals surface area contributed by atoms with Crippen LogP contribution in [0.3, 0.4) is 0 Å². The molecule has 0 saturated heterocycles. The molecule has 3 nitrogen and oxygen atoms in total. The van der Waals surface area contributed by atoms with Gasteiger partial charge < -0.3 is 4.74 Å². The number of carbonyl (C=O) groups excluding carboxylic acids is 2. The zero-order chi connectivity index (χ0) is 14.4. The minimum Gasteiger partial charge on any atom is -0.446 e. The van der Waals surface area contributed by atoms with E-state index >= 15 is 0 Å². The van der Waals surface area contributed by atoms with Crippen LogP contribution in [-0.4, -0.2) is 17.5 Å². The molecule has 1 atom stereocenters. The van der Waals surface area contributed by atoms with E-state index in [1.165, 1.54) is 25.6 Å². The fraction of sp³-hybridized carbons (Fsp3) is 0.385. The summed E-state index contributed by atoms with van der Waals surface area (Å²) in [5.74, 6) is 0.294. The molecule has 0 bridgehead atoms. The van der Waals surface area contributed by atoms with Crippen molar-refractivity contribution in [3.63, 3.8) is 0 Å². The Morgan fingerprint density at radius 2 is 1.95 bits per heavy atom. The number of thioether (sulfide) groups is 1. The van der Waals surface area contributed by atoms with Crippen LogP contribution < -0.4 is 0 Å². The van der Waals surface area contributed by atoms with Gasteiger partial charge in [-0.25, -0.2) is 0 Å². The summed E-state index contributed by atoms with van der Waals surface area (Å²) in [4.78, 5) is 22.0. The van der Waals surface area contributed by atoms with E-state index in [1.807, 2.05) is 0 Å². The van der Waals surface area contributed by atoms with Crippen LogP contribution in [0.15, 0.2) is 18.2 Å². The number of ketones is 1. The number of ether oxygens (including phenoxy) is 1. The second-order valence-corrected chi connectivity index (χ2v) is 5.92. The van der Waals surface area contributed by atoms with Gasteiger partial charge in [-0.15, -0.1) is 11.8 Å². The van der Waals surface area contributed by atoms with E-state index in [0.29, 0.717) is 22.2 Å². The quantitative estimate of drug-likeness (QED) is 0.580. The molecule has 0 saturated carbocycles. The summed E-state index contributed by atoms with van der Waals surface area (Å²) < 4.78 is 5.22. The van der Waals surface area contributed by atoms with Gasteiger partial charge in [0.1, 0.15) is 5.78 Å². The van der Waals surface area contributed by atoms with Crippen LogP contribution in [0.2, 0.25) is 10.0 Å². The number of halogens is 2. The molecule has 1 aromatic rings. The Labute approximate surface area is 126 Å². The second kappa shape index (κ2) is 7.78. The molecule has 0 aliphatic rings. The zero-order valence-electron chi connectivity index (χ0n) is 10.6. The van der Waals surface area contributed by atoms with Crippen LogP contribution >= 0.6 is 35.0 Å². The molecular weight excluding hydrogens is 307 g/mol. The lowest BCUT2D eigenvalue weighted by molar-refractivity contribution is -0.142. The Morgan fingerprint density at radius 1 is 1.26 bits per heavy atom. The molecule has 0 aliphatic heterocycles. The summed E-state index contributed by atoms with van der Waals surface area (Å²) in [7, 11) is 0. The molecule has 19 heavy (non-hydrogen) atoms. The lowest BCUT2D eigenvalue weighted by Crippen LogP contribution is -2.07. The third-order valence-electron chi connectivity index (χ3n) is 2.21. The highest BCUT2D eigenvalue weighted by Gasteiger charge is 2.16. The molecule has 0 aromatic heterocycles. The highest BCUT2D eigenvalue weighted by molar-refractivity contribution is 7.99. The van der Waals surface area contributed by atoms with E-state index in [2.05, 4.69) is 0 Å². The Kier molecular flexibility index (Phi) is 6.69. The molecule has 0 fully saturated rings. The highest BCUT2D eigenvalue weighted by Crippen LogP contribution is 2.34. The molecule has 0 spiro atoms. The number of esters is 1. The van der Waals surface area contributed by atoms with Crippen LogP contribution in [0.25, 0.3) is 0 Å². The Bertz CT molecular complexity index is 477. The maximum Gasteiger partial charge on any atom is 0.304 e. The monoisotopic (exact) mass is 320 g/mol. The molecule has 1 aromatic carbocycles. The lowest BCUT2D eigenvalue weighted by Gasteiger charge is -2.17. The first-order chi connectivity index (χ1) is 8.90. The Balaban J connectivity index is 2.79. The summed E-state index contributed by atoms with van der Waals surface area (Å²) in [6, 6.07) is 5.07. The van der Waals surface area contributed by atoms with E-state index < -0.39 is 5.44 Å². The van der Waals surface area contributed by atoms with Crippen molar-refractivity contribution in [3.8, 4) is 0 Å². The van der Waals surface area contributed by atoms with Gasteiger partial charge in [-0.3, -0.25) is 9.59 Å². The summed E-state index contributed by atoms with van der Waals surface area (Å²) in [5, 5.41) is 0.851. The van der Waals surface area contributed by atoms with Crippen LogP contribution in [0.5, 0.6) is 0 Å². The largest absolute Gasteiger partial charge is 0.446 e. The van der Waals surface area contributed by atoms with Gasteiger partial charge in [0.2, 0.25) is 0 Å². The molecule has 104 valence electrons. The smallest absolute Gasteiger partial charge is 0.304 e. The standard InChI is InChI=1S/C13H14Cl2O3S/c1-8(16)5-6-19-13(18-9(2)17)10-3-4-11(14)12(15)7-10/h3-4,7,13H,5-6H2,1-2H3. The van der Waals surface area contributed by atoms with Crippen molar-refractivity contribution in [2.75, 3.05) is 5.75 Å². The fourth-order valence-corrected chi connectivity index (χ4v) is 2.79. The van der Waals surface area contributed by atoms with Gasteiger partial charge in [-0.05, 0) is 19.1 Å². The van der Waals surface area contributed by atoms with E-state index in [9.17, 15) is 9.59 Å². The Hall–Kier alpha value is -0.710. The van der Waals surface area contributed by atoms with Gasteiger partial charge in [0.15, 0.2) is 5.44 Å². The maximum absolute atomic E-state index is 11.1. The fourth-order valence-electron chi connectivity index (χ4n) is 1.32. The molecule has 6 heteroatoms. The first kappa shape index (κ1) is 16.3. The number of hydrogen-bond donors (Lipinski definition) is 0. The van der Waals surface area contributed by atoms with E-state index in [0.717, 1.165) is 5.56 Å². The van der Waals surface area contributed by atoms with Gasteiger partial charge in [0.05, 0.1) is 10.0 Å². The van der Waals surface area contributed by atoms with E-state index in [4.69, 9.17) is 27.9 Å². The minimum absolute atomic E-state index is 0.100. The average Bonchev–Trinajstić information content (AvgIpc) is 2.30. The summed E-state index contributed by atoms with van der Waals surface area (Å²) in [5.41, 5.74) is 0.268. The van der Waals surface area contributed by atoms with Crippen LogP contribution in [0.4, 0.5) is 0 Å². The number of Topliss-reactive ketones (excluding diaryl/α,β-unsaturated/α-hetero) is 1. The van der Waals surface area contributed by atoms with E-state index in [-0.39, 0.29) is 11.8 Å². The van der Waals surface area contributed by atoms with Crippen LogP contribution in [-0.2, 0) is 14.3 Å². The van der Waals surface area contributed by atoms with Crippen molar-refractivity contribution in [1.82, 2.24) is 0 Å². The topological polar surface area (TPSA) is 43.4 Å². The van der Waals surface area contributed by atoms with Gasteiger partial charge in [-0.2, -0.15) is 0 Å². The predicted molar refractivity (Wildman–Crippen MR) is 78.7 cm³/mol. The van der Waals surface area contributed by atoms with Gasteiger partial charge in [-0.1, -0.05) is 29.3 Å². The van der Waals surface area contributed by atoms with Crippen molar-refractivity contribution in [3.05, 3.63) is 33.8 Å². The normalized spacial score (nSPS) is 12.0. The first-order valence-electron chi connectivity index (χ1n) is 5.63. The van der Waals surface area contributed by atoms with Crippen molar-refractivity contribution in [2.24, 2.45) is 0 Å². The van der Waals surface area contributed by atoms with Gasteiger partial charge in [0, 0.05) is 24.7 Å². The third kappa shape index (κ3) is 5.85. The minimum atomic E-state index is -0.480. The summed E-state index contributed by atoms with van der Waals surface area (Å²) in [6.07, 6.45) is 0.434. The van der Waals surface area contributed by atoms with Crippen LogP contribution in [0, 0.1) is 0 Å². The average molecular weight is 321 g/mol. The van der Waals surface area contributed by atoms with Gasteiger partial charge >= 0.3 is 5.97 Å². The van der Waals surface area contributed by atoms with E-state index in [1.54, 1.807) is 18.2 Å². The predicted octanol–water partition coefficient (Wildman–Crippen LogP) is 4.27. The molecule has 0 aliphatic carbocycles. The summed E-state index contributed by atoms with van der Waals surface area (Å²) in [6.45, 7) is 2.87. The number of rotatable bonds is 6. The van der Waals surface area contributed by atoms with Crippen molar-refractivity contribution >= 4 is 46.7 Å². The van der Waals surface area contributed by atoms with Gasteiger partial charge in [0.25, 0.3) is 0 Å². The summed E-state index contributed by atoms with van der Waals surface area (Å²) >= 11 is 13.2. The SMILES string of the molecule is CC(=O)CCSC(OC(C)=O)c1ccc(Cl)c(Cl)c1. The maximum atomic E-state index is 11.1. The van der Waals surface area contributed by atoms with Crippen LogP contribution in [0.1, 0.15) is 31.3 Å². The number of benzene rings is 1. The molecule has 0 radical (unpaired) electrons. The third-order valence-corrected chi connectivity index (χ3v) is 4.06. The Morgan fingerprint density at radius 3 is 2.47 bits per heavy atom. The lowest BCUT2D eigenvalue weighted by atomic mass is 10.2.